The lowest BCUT2D eigenvalue weighted by molar-refractivity contribution is -0.142. The van der Waals surface area contributed by atoms with Crippen LogP contribution in [0.5, 0.6) is 0 Å². The van der Waals surface area contributed by atoms with Gasteiger partial charge in [-0.25, -0.2) is 4.79 Å². The predicted molar refractivity (Wildman–Crippen MR) is 131 cm³/mol. The fraction of sp³-hybridized carbons (Fsp3) is 0.346. The maximum atomic E-state index is 13.1. The average molecular weight is 465 g/mol. The van der Waals surface area contributed by atoms with Crippen molar-refractivity contribution in [2.24, 2.45) is 11.7 Å². The summed E-state index contributed by atoms with van der Waals surface area (Å²) in [7, 11) is 0. The van der Waals surface area contributed by atoms with Crippen LogP contribution in [-0.2, 0) is 27.2 Å². The summed E-state index contributed by atoms with van der Waals surface area (Å²) in [4.78, 5) is 40.9. The van der Waals surface area contributed by atoms with Gasteiger partial charge in [-0.05, 0) is 36.0 Å². The Morgan fingerprint density at radius 3 is 2.24 bits per heavy atom. The Morgan fingerprint density at radius 2 is 1.56 bits per heavy atom. The highest BCUT2D eigenvalue weighted by molar-refractivity contribution is 5.92. The molecule has 0 radical (unpaired) electrons. The third-order valence-electron chi connectivity index (χ3n) is 5.69. The van der Waals surface area contributed by atoms with Gasteiger partial charge < -0.3 is 26.5 Å². The predicted octanol–water partition coefficient (Wildman–Crippen LogP) is 2.38. The van der Waals surface area contributed by atoms with Crippen molar-refractivity contribution in [3.63, 3.8) is 0 Å². The molecule has 8 nitrogen and oxygen atoms in total. The van der Waals surface area contributed by atoms with Crippen molar-refractivity contribution < 1.29 is 19.5 Å². The first-order chi connectivity index (χ1) is 16.2. The van der Waals surface area contributed by atoms with Crippen LogP contribution in [0.2, 0.25) is 0 Å². The molecular weight excluding hydrogens is 432 g/mol. The maximum Gasteiger partial charge on any atom is 0.326 e. The summed E-state index contributed by atoms with van der Waals surface area (Å²) in [6.45, 7) is 3.86. The molecule has 34 heavy (non-hydrogen) atoms. The fourth-order valence-electron chi connectivity index (χ4n) is 3.94. The van der Waals surface area contributed by atoms with Gasteiger partial charge in [-0.1, -0.05) is 62.4 Å². The number of nitrogens with two attached hydrogens (primary N) is 1. The number of aliphatic carboxylic acids is 1. The monoisotopic (exact) mass is 464 g/mol. The SMILES string of the molecule is CC(C)C[C@H](NC(=O)[C@@H](N)Cc1ccccc1)C(=O)N[C@@H](Cc1c[nH]c2ccccc12)C(=O)O. The van der Waals surface area contributed by atoms with Crippen molar-refractivity contribution >= 4 is 28.7 Å². The largest absolute Gasteiger partial charge is 0.480 e. The van der Waals surface area contributed by atoms with Gasteiger partial charge >= 0.3 is 5.97 Å². The summed E-state index contributed by atoms with van der Waals surface area (Å²) in [6, 6.07) is 14.1. The van der Waals surface area contributed by atoms with E-state index in [1.807, 2.05) is 68.4 Å². The Morgan fingerprint density at radius 1 is 0.912 bits per heavy atom. The second kappa shape index (κ2) is 11.5. The highest BCUT2D eigenvalue weighted by Crippen LogP contribution is 2.19. The first-order valence-corrected chi connectivity index (χ1v) is 11.4. The summed E-state index contributed by atoms with van der Waals surface area (Å²) >= 11 is 0. The van der Waals surface area contributed by atoms with E-state index in [2.05, 4.69) is 15.6 Å². The number of nitrogens with one attached hydrogen (secondary N) is 3. The molecule has 6 N–H and O–H groups in total. The number of carboxylic acid groups (broad SMARTS) is 1. The molecule has 0 fully saturated rings. The second-order valence-electron chi connectivity index (χ2n) is 8.95. The first-order valence-electron chi connectivity index (χ1n) is 11.4. The molecular formula is C26H32N4O4. The molecule has 0 bridgehead atoms. The lowest BCUT2D eigenvalue weighted by atomic mass is 10.00. The van der Waals surface area contributed by atoms with Gasteiger partial charge in [0.15, 0.2) is 0 Å². The van der Waals surface area contributed by atoms with Crippen LogP contribution >= 0.6 is 0 Å². The van der Waals surface area contributed by atoms with E-state index in [4.69, 9.17) is 5.73 Å². The Bertz CT molecular complexity index is 1130. The van der Waals surface area contributed by atoms with Crippen molar-refractivity contribution in [2.45, 2.75) is 51.2 Å². The zero-order chi connectivity index (χ0) is 24.7. The topological polar surface area (TPSA) is 137 Å². The fourth-order valence-corrected chi connectivity index (χ4v) is 3.94. The van der Waals surface area contributed by atoms with Crippen LogP contribution in [0.3, 0.4) is 0 Å². The van der Waals surface area contributed by atoms with Gasteiger partial charge in [-0.15, -0.1) is 0 Å². The third-order valence-corrected chi connectivity index (χ3v) is 5.69. The third kappa shape index (κ3) is 6.68. The molecule has 0 aliphatic rings. The minimum atomic E-state index is -1.14. The van der Waals surface area contributed by atoms with E-state index in [0.29, 0.717) is 12.8 Å². The van der Waals surface area contributed by atoms with E-state index in [1.54, 1.807) is 6.20 Å². The second-order valence-corrected chi connectivity index (χ2v) is 8.95. The van der Waals surface area contributed by atoms with Gasteiger partial charge in [0.25, 0.3) is 0 Å². The summed E-state index contributed by atoms with van der Waals surface area (Å²) in [6.07, 6.45) is 2.56. The van der Waals surface area contributed by atoms with E-state index in [1.165, 1.54) is 0 Å². The van der Waals surface area contributed by atoms with E-state index >= 15 is 0 Å². The molecule has 1 heterocycles. The van der Waals surface area contributed by atoms with Gasteiger partial charge in [0.05, 0.1) is 6.04 Å². The van der Waals surface area contributed by atoms with Crippen molar-refractivity contribution in [1.29, 1.82) is 0 Å². The number of rotatable bonds is 11. The number of carbonyl (C=O) groups is 3. The molecule has 0 spiro atoms. The molecule has 0 aliphatic carbocycles. The Balaban J connectivity index is 1.68. The molecule has 8 heteroatoms. The molecule has 180 valence electrons. The van der Waals surface area contributed by atoms with Crippen molar-refractivity contribution in [3.05, 3.63) is 71.9 Å². The number of fused-ring (bicyclic) bond motifs is 1. The zero-order valence-electron chi connectivity index (χ0n) is 19.5. The number of hydrogen-bond donors (Lipinski definition) is 5. The Labute approximate surface area is 198 Å². The highest BCUT2D eigenvalue weighted by Gasteiger charge is 2.29. The van der Waals surface area contributed by atoms with Crippen molar-refractivity contribution in [1.82, 2.24) is 15.6 Å². The van der Waals surface area contributed by atoms with E-state index < -0.39 is 35.9 Å². The quantitative estimate of drug-likeness (QED) is 0.297. The number of aromatic amines is 1. The van der Waals surface area contributed by atoms with Crippen LogP contribution in [0.4, 0.5) is 0 Å². The van der Waals surface area contributed by atoms with Crippen LogP contribution in [-0.4, -0.2) is 46.0 Å². The molecule has 0 saturated carbocycles. The first kappa shape index (κ1) is 25.0. The van der Waals surface area contributed by atoms with Gasteiger partial charge in [-0.2, -0.15) is 0 Å². The molecule has 2 aromatic carbocycles. The minimum absolute atomic E-state index is 0.0956. The summed E-state index contributed by atoms with van der Waals surface area (Å²) < 4.78 is 0. The molecule has 3 aromatic rings. The van der Waals surface area contributed by atoms with Gasteiger partial charge in [0, 0.05) is 23.5 Å². The number of benzene rings is 2. The maximum absolute atomic E-state index is 13.1. The van der Waals surface area contributed by atoms with E-state index in [-0.39, 0.29) is 12.3 Å². The minimum Gasteiger partial charge on any atom is -0.480 e. The Hall–Kier alpha value is -3.65. The van der Waals surface area contributed by atoms with Gasteiger partial charge in [0.1, 0.15) is 12.1 Å². The number of aromatic nitrogens is 1. The van der Waals surface area contributed by atoms with Crippen LogP contribution < -0.4 is 16.4 Å². The molecule has 3 atom stereocenters. The number of hydrogen-bond acceptors (Lipinski definition) is 4. The summed E-state index contributed by atoms with van der Waals surface area (Å²) in [5.41, 5.74) is 8.68. The Kier molecular flexibility index (Phi) is 8.43. The van der Waals surface area contributed by atoms with Gasteiger partial charge in [-0.3, -0.25) is 9.59 Å². The zero-order valence-corrected chi connectivity index (χ0v) is 19.5. The number of carbonyl (C=O) groups excluding carboxylic acids is 2. The molecule has 3 rings (SSSR count). The number of carboxylic acids is 1. The van der Waals surface area contributed by atoms with Crippen molar-refractivity contribution in [2.75, 3.05) is 0 Å². The van der Waals surface area contributed by atoms with E-state index in [9.17, 15) is 19.5 Å². The van der Waals surface area contributed by atoms with Gasteiger partial charge in [0.2, 0.25) is 11.8 Å². The van der Waals surface area contributed by atoms with Crippen LogP contribution in [0, 0.1) is 5.92 Å². The molecule has 0 aliphatic heterocycles. The number of para-hydroxylation sites is 1. The molecule has 0 saturated heterocycles. The molecule has 1 aromatic heterocycles. The average Bonchev–Trinajstić information content (AvgIpc) is 3.21. The van der Waals surface area contributed by atoms with Crippen LogP contribution in [0.1, 0.15) is 31.4 Å². The van der Waals surface area contributed by atoms with E-state index in [0.717, 1.165) is 22.0 Å². The van der Waals surface area contributed by atoms with Crippen LogP contribution in [0.15, 0.2) is 60.8 Å². The lowest BCUT2D eigenvalue weighted by Crippen LogP contribution is -2.55. The highest BCUT2D eigenvalue weighted by atomic mass is 16.4. The van der Waals surface area contributed by atoms with Crippen molar-refractivity contribution in [3.8, 4) is 0 Å². The molecule has 0 unspecified atom stereocenters. The summed E-state index contributed by atoms with van der Waals surface area (Å²) in [5, 5.41) is 16.0. The van der Waals surface area contributed by atoms with Crippen LogP contribution in [0.25, 0.3) is 10.9 Å². The molecule has 2 amide bonds. The number of amides is 2. The summed E-state index contributed by atoms with van der Waals surface area (Å²) in [5.74, 6) is -2.04. The smallest absolute Gasteiger partial charge is 0.326 e. The lowest BCUT2D eigenvalue weighted by Gasteiger charge is -2.24. The standard InChI is InChI=1S/C26H32N4O4/c1-16(2)12-22(29-24(31)20(27)13-17-8-4-3-5-9-17)25(32)30-23(26(33)34)14-18-15-28-21-11-7-6-10-19(18)21/h3-11,15-16,20,22-23,28H,12-14,27H2,1-2H3,(H,29,31)(H,30,32)(H,33,34)/t20-,22-,23-/m0/s1. The normalized spacial score (nSPS) is 13.9. The number of H-pyrrole nitrogens is 1.